The molecule has 56 valence electrons. The maximum Gasteiger partial charge on any atom is 0.260 e. The van der Waals surface area contributed by atoms with Crippen molar-refractivity contribution in [3.63, 3.8) is 0 Å². The molecule has 0 fully saturated rings. The lowest BCUT2D eigenvalue weighted by molar-refractivity contribution is -0.123. The number of hydrogen-bond acceptors (Lipinski definition) is 4. The van der Waals surface area contributed by atoms with E-state index < -0.39 is 0 Å². The molecule has 4 nitrogen and oxygen atoms in total. The molecule has 5 heteroatoms. The highest BCUT2D eigenvalue weighted by atomic mass is 32.2. The zero-order valence-corrected chi connectivity index (χ0v) is 6.73. The lowest BCUT2D eigenvalue weighted by Crippen LogP contribution is -2.46. The quantitative estimate of drug-likeness (QED) is 0.527. The highest BCUT2D eigenvalue weighted by molar-refractivity contribution is 8.13. The summed E-state index contributed by atoms with van der Waals surface area (Å²) in [5.41, 5.74) is 2.62. The van der Waals surface area contributed by atoms with Crippen molar-refractivity contribution in [2.45, 2.75) is 0 Å². The van der Waals surface area contributed by atoms with Gasteiger partial charge in [0.05, 0.1) is 0 Å². The Bertz CT molecular complexity index is 180. The van der Waals surface area contributed by atoms with Gasteiger partial charge in [0, 0.05) is 7.05 Å². The van der Waals surface area contributed by atoms with E-state index in [1.54, 1.807) is 12.1 Å². The van der Waals surface area contributed by atoms with Crippen molar-refractivity contribution in [3.8, 4) is 0 Å². The maximum atomic E-state index is 10.7. The van der Waals surface area contributed by atoms with E-state index in [1.807, 2.05) is 6.26 Å². The van der Waals surface area contributed by atoms with E-state index in [4.69, 9.17) is 0 Å². The molecule has 1 heterocycles. The molecule has 0 aromatic heterocycles. The van der Waals surface area contributed by atoms with E-state index in [0.717, 1.165) is 5.17 Å². The monoisotopic (exact) mass is 159 g/mol. The van der Waals surface area contributed by atoms with Gasteiger partial charge in [0.2, 0.25) is 0 Å². The topological polar surface area (TPSA) is 44.7 Å². The molecule has 0 radical (unpaired) electrons. The number of nitrogens with zero attached hydrogens (tertiary/aromatic N) is 2. The Labute approximate surface area is 63.7 Å². The summed E-state index contributed by atoms with van der Waals surface area (Å²) >= 11 is 1.52. The summed E-state index contributed by atoms with van der Waals surface area (Å²) in [6.07, 6.45) is 1.92. The van der Waals surface area contributed by atoms with Crippen LogP contribution in [0.25, 0.3) is 0 Å². The van der Waals surface area contributed by atoms with Crippen molar-refractivity contribution in [3.05, 3.63) is 0 Å². The Morgan fingerprint density at radius 1 is 1.80 bits per heavy atom. The van der Waals surface area contributed by atoms with Crippen molar-refractivity contribution in [2.24, 2.45) is 4.99 Å². The third-order valence-electron chi connectivity index (χ3n) is 1.12. The molecule has 0 saturated carbocycles. The third kappa shape index (κ3) is 1.41. The molecule has 1 amide bonds. The van der Waals surface area contributed by atoms with E-state index >= 15 is 0 Å². The maximum absolute atomic E-state index is 10.7. The van der Waals surface area contributed by atoms with Gasteiger partial charge in [0.1, 0.15) is 6.54 Å². The molecular weight excluding hydrogens is 150 g/mol. The molecule has 1 aliphatic rings. The Morgan fingerprint density at radius 3 is 3.00 bits per heavy atom. The van der Waals surface area contributed by atoms with Crippen LogP contribution in [-0.2, 0) is 4.79 Å². The van der Waals surface area contributed by atoms with Crippen molar-refractivity contribution in [2.75, 3.05) is 19.8 Å². The highest BCUT2D eigenvalue weighted by Crippen LogP contribution is 2.03. The molecule has 1 N–H and O–H groups in total. The first-order valence-corrected chi connectivity index (χ1v) is 4.08. The van der Waals surface area contributed by atoms with Gasteiger partial charge >= 0.3 is 0 Å². The van der Waals surface area contributed by atoms with Crippen molar-refractivity contribution in [1.82, 2.24) is 10.4 Å². The number of aliphatic imine (C=N–C) groups is 1. The molecule has 1 aliphatic heterocycles. The molecule has 0 aromatic rings. The minimum Gasteiger partial charge on any atom is -0.271 e. The fourth-order valence-corrected chi connectivity index (χ4v) is 1.23. The molecule has 0 atom stereocenters. The number of hydrazine groups is 1. The van der Waals surface area contributed by atoms with Crippen LogP contribution in [0, 0.1) is 0 Å². The Kier molecular flexibility index (Phi) is 2.16. The summed E-state index contributed by atoms with van der Waals surface area (Å²) in [4.78, 5) is 14.7. The predicted molar refractivity (Wildman–Crippen MR) is 41.7 cm³/mol. The van der Waals surface area contributed by atoms with Gasteiger partial charge in [-0.25, -0.2) is 0 Å². The number of amides is 1. The second kappa shape index (κ2) is 2.92. The number of amidine groups is 1. The lowest BCUT2D eigenvalue weighted by atomic mass is 10.6. The van der Waals surface area contributed by atoms with Gasteiger partial charge in [0.25, 0.3) is 5.91 Å². The first-order valence-electron chi connectivity index (χ1n) is 2.85. The minimum absolute atomic E-state index is 0.0553. The van der Waals surface area contributed by atoms with Crippen molar-refractivity contribution in [1.29, 1.82) is 0 Å². The van der Waals surface area contributed by atoms with E-state index in [-0.39, 0.29) is 12.5 Å². The van der Waals surface area contributed by atoms with Gasteiger partial charge in [-0.2, -0.15) is 0 Å². The largest absolute Gasteiger partial charge is 0.271 e. The van der Waals surface area contributed by atoms with E-state index in [2.05, 4.69) is 10.4 Å². The molecule has 0 unspecified atom stereocenters. The summed E-state index contributed by atoms with van der Waals surface area (Å²) < 4.78 is 0. The fourth-order valence-electron chi connectivity index (χ4n) is 0.717. The third-order valence-corrected chi connectivity index (χ3v) is 1.89. The number of hydrogen-bond donors (Lipinski definition) is 1. The summed E-state index contributed by atoms with van der Waals surface area (Å²) in [6.45, 7) is 0.251. The van der Waals surface area contributed by atoms with Crippen LogP contribution in [-0.4, -0.2) is 35.9 Å². The van der Waals surface area contributed by atoms with Gasteiger partial charge in [-0.3, -0.25) is 20.2 Å². The Morgan fingerprint density at radius 2 is 2.50 bits per heavy atom. The van der Waals surface area contributed by atoms with Crippen LogP contribution in [0.15, 0.2) is 4.99 Å². The van der Waals surface area contributed by atoms with Crippen LogP contribution in [0.4, 0.5) is 0 Å². The minimum atomic E-state index is -0.0553. The standard InChI is InChI=1S/C5H9N3OS/c1-8-5(10-2)6-3-4(9)7-8/h3H2,1-2H3,(H,7,9). The molecule has 0 aromatic carbocycles. The van der Waals surface area contributed by atoms with Crippen molar-refractivity contribution >= 4 is 22.8 Å². The molecule has 0 aliphatic carbocycles. The van der Waals surface area contributed by atoms with Crippen molar-refractivity contribution < 1.29 is 4.79 Å². The highest BCUT2D eigenvalue weighted by Gasteiger charge is 2.13. The smallest absolute Gasteiger partial charge is 0.260 e. The van der Waals surface area contributed by atoms with Gasteiger partial charge in [0.15, 0.2) is 5.17 Å². The second-order valence-corrected chi connectivity index (χ2v) is 2.67. The fraction of sp³-hybridized carbons (Fsp3) is 0.600. The lowest BCUT2D eigenvalue weighted by Gasteiger charge is -2.23. The summed E-state index contributed by atoms with van der Waals surface area (Å²) in [5.74, 6) is -0.0553. The summed E-state index contributed by atoms with van der Waals surface area (Å²) in [5, 5.41) is 2.47. The number of rotatable bonds is 0. The molecule has 10 heavy (non-hydrogen) atoms. The Balaban J connectivity index is 2.65. The first kappa shape index (κ1) is 7.40. The Hall–Kier alpha value is -0.710. The summed E-state index contributed by atoms with van der Waals surface area (Å²) in [7, 11) is 1.77. The molecule has 0 spiro atoms. The number of thioether (sulfide) groups is 1. The molecular formula is C5H9N3OS. The zero-order valence-electron chi connectivity index (χ0n) is 5.92. The zero-order chi connectivity index (χ0) is 7.56. The summed E-state index contributed by atoms with van der Waals surface area (Å²) in [6, 6.07) is 0. The second-order valence-electron chi connectivity index (χ2n) is 1.90. The van der Waals surface area contributed by atoms with Crippen LogP contribution in [0.2, 0.25) is 0 Å². The number of carbonyl (C=O) groups excluding carboxylic acids is 1. The van der Waals surface area contributed by atoms with Crippen LogP contribution in [0.1, 0.15) is 0 Å². The van der Waals surface area contributed by atoms with E-state index in [1.165, 1.54) is 11.8 Å². The van der Waals surface area contributed by atoms with Crippen LogP contribution < -0.4 is 5.43 Å². The van der Waals surface area contributed by atoms with Crippen LogP contribution in [0.3, 0.4) is 0 Å². The normalized spacial score (nSPS) is 18.4. The van der Waals surface area contributed by atoms with Gasteiger partial charge in [-0.05, 0) is 6.26 Å². The number of carbonyl (C=O) groups is 1. The van der Waals surface area contributed by atoms with E-state index in [9.17, 15) is 4.79 Å². The van der Waals surface area contributed by atoms with E-state index in [0.29, 0.717) is 0 Å². The van der Waals surface area contributed by atoms with Crippen LogP contribution >= 0.6 is 11.8 Å². The predicted octanol–water partition coefficient (Wildman–Crippen LogP) is -0.318. The molecule has 0 bridgehead atoms. The first-order chi connectivity index (χ1) is 4.74. The van der Waals surface area contributed by atoms with Gasteiger partial charge in [-0.15, -0.1) is 0 Å². The SMILES string of the molecule is CSC1=NCC(=O)NN1C. The average molecular weight is 159 g/mol. The van der Waals surface area contributed by atoms with Crippen LogP contribution in [0.5, 0.6) is 0 Å². The van der Waals surface area contributed by atoms with Gasteiger partial charge < -0.3 is 0 Å². The molecule has 1 rings (SSSR count). The number of nitrogens with one attached hydrogen (secondary N) is 1. The van der Waals surface area contributed by atoms with Gasteiger partial charge in [-0.1, -0.05) is 11.8 Å². The molecule has 0 saturated heterocycles. The average Bonchev–Trinajstić information content (AvgIpc) is 1.88.